The van der Waals surface area contributed by atoms with E-state index in [9.17, 15) is 10.1 Å². The van der Waals surface area contributed by atoms with Gasteiger partial charge in [-0.15, -0.1) is 0 Å². The Balaban J connectivity index is 2.23. The molecule has 2 aromatic rings. The molecule has 0 saturated carbocycles. The lowest BCUT2D eigenvalue weighted by Crippen LogP contribution is -2.00. The van der Waals surface area contributed by atoms with Gasteiger partial charge in [-0.3, -0.25) is 10.1 Å². The van der Waals surface area contributed by atoms with Crippen molar-refractivity contribution in [3.63, 3.8) is 0 Å². The normalized spacial score (nSPS) is 10.1. The summed E-state index contributed by atoms with van der Waals surface area (Å²) >= 11 is 0. The largest absolute Gasteiger partial charge is 0.487 e. The number of hydrogen-bond donors (Lipinski definition) is 2. The molecular weight excluding hydrogens is 270 g/mol. The molecule has 0 unspecified atom stereocenters. The molecule has 0 aliphatic carbocycles. The Kier molecular flexibility index (Phi) is 4.61. The number of nitrogens with zero attached hydrogens (tertiary/aromatic N) is 1. The maximum atomic E-state index is 11.0. The summed E-state index contributed by atoms with van der Waals surface area (Å²) in [5.74, 6) is 0.266. The first kappa shape index (κ1) is 14.6. The van der Waals surface area contributed by atoms with Gasteiger partial charge in [0.05, 0.1) is 11.5 Å². The molecule has 0 atom stereocenters. The Morgan fingerprint density at radius 1 is 1.19 bits per heavy atom. The second-order valence-electron chi connectivity index (χ2n) is 4.54. The van der Waals surface area contributed by atoms with Gasteiger partial charge in [0.15, 0.2) is 5.75 Å². The van der Waals surface area contributed by atoms with Gasteiger partial charge in [0, 0.05) is 29.2 Å². The molecule has 0 saturated heterocycles. The third-order valence-electron chi connectivity index (χ3n) is 2.82. The molecule has 0 aromatic heterocycles. The average Bonchev–Trinajstić information content (AvgIpc) is 2.47. The standard InChI is InChI=1S/C15H17N3O3/c1-2-9-21-15-10-13(7-8-14(15)18(19)20)17-12-5-3-11(16)4-6-12/h3-8,10,17H,2,9,16H2,1H3. The maximum Gasteiger partial charge on any atom is 0.311 e. The first-order chi connectivity index (χ1) is 10.1. The van der Waals surface area contributed by atoms with Crippen LogP contribution in [0.1, 0.15) is 13.3 Å². The highest BCUT2D eigenvalue weighted by atomic mass is 16.6. The van der Waals surface area contributed by atoms with Gasteiger partial charge in [-0.2, -0.15) is 0 Å². The Bertz CT molecular complexity index is 627. The summed E-state index contributed by atoms with van der Waals surface area (Å²) in [6, 6.07) is 11.9. The van der Waals surface area contributed by atoms with Crippen molar-refractivity contribution in [2.75, 3.05) is 17.7 Å². The second-order valence-corrected chi connectivity index (χ2v) is 4.54. The highest BCUT2D eigenvalue weighted by molar-refractivity contribution is 5.66. The fourth-order valence-corrected chi connectivity index (χ4v) is 1.80. The van der Waals surface area contributed by atoms with Crippen molar-refractivity contribution in [1.29, 1.82) is 0 Å². The van der Waals surface area contributed by atoms with E-state index in [2.05, 4.69) is 5.32 Å². The Morgan fingerprint density at radius 2 is 1.86 bits per heavy atom. The number of benzene rings is 2. The summed E-state index contributed by atoms with van der Waals surface area (Å²) in [7, 11) is 0. The van der Waals surface area contributed by atoms with Gasteiger partial charge in [-0.25, -0.2) is 0 Å². The van der Waals surface area contributed by atoms with Crippen molar-refractivity contribution >= 4 is 22.7 Å². The smallest absolute Gasteiger partial charge is 0.311 e. The van der Waals surface area contributed by atoms with E-state index in [0.29, 0.717) is 12.3 Å². The molecule has 0 spiro atoms. The monoisotopic (exact) mass is 287 g/mol. The summed E-state index contributed by atoms with van der Waals surface area (Å²) in [6.07, 6.45) is 0.784. The molecule has 6 nitrogen and oxygen atoms in total. The van der Waals surface area contributed by atoms with E-state index in [-0.39, 0.29) is 11.4 Å². The minimum atomic E-state index is -0.446. The zero-order valence-electron chi connectivity index (χ0n) is 11.7. The van der Waals surface area contributed by atoms with Crippen LogP contribution in [0.2, 0.25) is 0 Å². The average molecular weight is 287 g/mol. The predicted octanol–water partition coefficient (Wildman–Crippen LogP) is 3.71. The summed E-state index contributed by atoms with van der Waals surface area (Å²) in [5.41, 5.74) is 7.84. The van der Waals surface area contributed by atoms with Crippen molar-refractivity contribution in [3.05, 3.63) is 52.6 Å². The SMILES string of the molecule is CCCOc1cc(Nc2ccc(N)cc2)ccc1[N+](=O)[O-]. The highest BCUT2D eigenvalue weighted by Crippen LogP contribution is 2.31. The predicted molar refractivity (Wildman–Crippen MR) is 83.0 cm³/mol. The first-order valence-corrected chi connectivity index (χ1v) is 6.64. The summed E-state index contributed by atoms with van der Waals surface area (Å²) < 4.78 is 5.44. The minimum absolute atomic E-state index is 0.0358. The Labute approximate surface area is 122 Å². The van der Waals surface area contributed by atoms with Crippen LogP contribution in [0.25, 0.3) is 0 Å². The lowest BCUT2D eigenvalue weighted by atomic mass is 10.2. The Morgan fingerprint density at radius 3 is 2.48 bits per heavy atom. The van der Waals surface area contributed by atoms with E-state index in [1.807, 2.05) is 19.1 Å². The van der Waals surface area contributed by atoms with Crippen LogP contribution in [-0.4, -0.2) is 11.5 Å². The molecule has 0 radical (unpaired) electrons. The molecule has 0 amide bonds. The third-order valence-corrected chi connectivity index (χ3v) is 2.82. The first-order valence-electron chi connectivity index (χ1n) is 6.64. The molecule has 0 bridgehead atoms. The van der Waals surface area contributed by atoms with Crippen molar-refractivity contribution in [1.82, 2.24) is 0 Å². The van der Waals surface area contributed by atoms with Crippen LogP contribution in [0.15, 0.2) is 42.5 Å². The molecule has 2 rings (SSSR count). The lowest BCUT2D eigenvalue weighted by Gasteiger charge is -2.10. The van der Waals surface area contributed by atoms with Gasteiger partial charge in [-0.05, 0) is 36.8 Å². The quantitative estimate of drug-likeness (QED) is 0.480. The van der Waals surface area contributed by atoms with Crippen LogP contribution in [-0.2, 0) is 0 Å². The van der Waals surface area contributed by atoms with Gasteiger partial charge in [-0.1, -0.05) is 6.92 Å². The second kappa shape index (κ2) is 6.60. The fourth-order valence-electron chi connectivity index (χ4n) is 1.80. The van der Waals surface area contributed by atoms with Crippen LogP contribution in [0.3, 0.4) is 0 Å². The van der Waals surface area contributed by atoms with Gasteiger partial charge in [0.25, 0.3) is 0 Å². The number of nitrogens with one attached hydrogen (secondary N) is 1. The van der Waals surface area contributed by atoms with E-state index >= 15 is 0 Å². The summed E-state index contributed by atoms with van der Waals surface area (Å²) in [4.78, 5) is 10.5. The van der Waals surface area contributed by atoms with Crippen molar-refractivity contribution < 1.29 is 9.66 Å². The van der Waals surface area contributed by atoms with E-state index in [0.717, 1.165) is 17.8 Å². The van der Waals surface area contributed by atoms with Gasteiger partial charge in [0.1, 0.15) is 0 Å². The Hall–Kier alpha value is -2.76. The van der Waals surface area contributed by atoms with Crippen LogP contribution in [0, 0.1) is 10.1 Å². The number of nitro benzene ring substituents is 1. The van der Waals surface area contributed by atoms with Crippen LogP contribution in [0.4, 0.5) is 22.7 Å². The van der Waals surface area contributed by atoms with E-state index in [4.69, 9.17) is 10.5 Å². The van der Waals surface area contributed by atoms with Gasteiger partial charge in [0.2, 0.25) is 0 Å². The van der Waals surface area contributed by atoms with Gasteiger partial charge >= 0.3 is 5.69 Å². The molecule has 110 valence electrons. The topological polar surface area (TPSA) is 90.4 Å². The molecule has 21 heavy (non-hydrogen) atoms. The molecule has 0 heterocycles. The van der Waals surface area contributed by atoms with E-state index < -0.39 is 4.92 Å². The highest BCUT2D eigenvalue weighted by Gasteiger charge is 2.15. The number of nitrogens with two attached hydrogens (primary N) is 1. The number of rotatable bonds is 6. The molecule has 0 aliphatic heterocycles. The van der Waals surface area contributed by atoms with E-state index in [1.54, 1.807) is 24.3 Å². The summed E-state index contributed by atoms with van der Waals surface area (Å²) in [5, 5.41) is 14.1. The zero-order valence-corrected chi connectivity index (χ0v) is 11.7. The van der Waals surface area contributed by atoms with Crippen LogP contribution < -0.4 is 15.8 Å². The van der Waals surface area contributed by atoms with Crippen LogP contribution in [0.5, 0.6) is 5.75 Å². The lowest BCUT2D eigenvalue weighted by molar-refractivity contribution is -0.385. The third kappa shape index (κ3) is 3.85. The maximum absolute atomic E-state index is 11.0. The summed E-state index contributed by atoms with van der Waals surface area (Å²) in [6.45, 7) is 2.38. The van der Waals surface area contributed by atoms with E-state index in [1.165, 1.54) is 6.07 Å². The number of nitrogen functional groups attached to an aromatic ring is 1. The van der Waals surface area contributed by atoms with Crippen LogP contribution >= 0.6 is 0 Å². The number of anilines is 3. The fraction of sp³-hybridized carbons (Fsp3) is 0.200. The number of hydrogen-bond acceptors (Lipinski definition) is 5. The van der Waals surface area contributed by atoms with Crippen molar-refractivity contribution in [2.45, 2.75) is 13.3 Å². The minimum Gasteiger partial charge on any atom is -0.487 e. The van der Waals surface area contributed by atoms with Crippen molar-refractivity contribution in [2.24, 2.45) is 0 Å². The molecule has 0 fully saturated rings. The zero-order chi connectivity index (χ0) is 15.2. The number of nitro groups is 1. The van der Waals surface area contributed by atoms with Gasteiger partial charge < -0.3 is 15.8 Å². The molecule has 0 aliphatic rings. The molecular formula is C15H17N3O3. The number of ether oxygens (including phenoxy) is 1. The molecule has 6 heteroatoms. The molecule has 3 N–H and O–H groups in total. The molecule has 2 aromatic carbocycles. The van der Waals surface area contributed by atoms with Crippen molar-refractivity contribution in [3.8, 4) is 5.75 Å².